The van der Waals surface area contributed by atoms with E-state index in [-0.39, 0.29) is 11.3 Å². The summed E-state index contributed by atoms with van der Waals surface area (Å²) in [7, 11) is 0. The van der Waals surface area contributed by atoms with E-state index in [1.165, 1.54) is 6.20 Å². The molecule has 0 fully saturated rings. The summed E-state index contributed by atoms with van der Waals surface area (Å²) in [6.07, 6.45) is 3.05. The van der Waals surface area contributed by atoms with Crippen LogP contribution in [0, 0.1) is 11.3 Å². The lowest BCUT2D eigenvalue weighted by Gasteiger charge is -2.10. The summed E-state index contributed by atoms with van der Waals surface area (Å²) in [4.78, 5) is 17.0. The minimum absolute atomic E-state index is 0.0879. The average molecular weight is 380 g/mol. The molecular weight excluding hydrogens is 364 g/mol. The topological polar surface area (TPSA) is 98.0 Å². The third-order valence-electron chi connectivity index (χ3n) is 4.52. The molecule has 4 aromatic rings. The maximum Gasteiger partial charge on any atom is 0.267 e. The molecular formula is C23H16N4O2. The lowest BCUT2D eigenvalue weighted by Crippen LogP contribution is -2.14. The Bertz CT molecular complexity index is 1300. The summed E-state index contributed by atoms with van der Waals surface area (Å²) in [6, 6.07) is 21.6. The molecule has 0 saturated heterocycles. The largest absolute Gasteiger partial charge is 0.507 e. The number of para-hydroxylation sites is 1. The van der Waals surface area contributed by atoms with Crippen LogP contribution in [0.3, 0.4) is 0 Å². The lowest BCUT2D eigenvalue weighted by atomic mass is 10.1. The number of anilines is 2. The van der Waals surface area contributed by atoms with Crippen molar-refractivity contribution < 1.29 is 9.90 Å². The van der Waals surface area contributed by atoms with Gasteiger partial charge in [0.05, 0.1) is 11.2 Å². The van der Waals surface area contributed by atoms with Gasteiger partial charge in [-0.1, -0.05) is 42.5 Å². The summed E-state index contributed by atoms with van der Waals surface area (Å²) >= 11 is 0. The van der Waals surface area contributed by atoms with Crippen molar-refractivity contribution in [2.75, 3.05) is 10.6 Å². The number of aromatic hydroxyl groups is 1. The molecule has 140 valence electrons. The molecule has 0 atom stereocenters. The Morgan fingerprint density at radius 2 is 1.69 bits per heavy atom. The molecule has 1 aromatic heterocycles. The van der Waals surface area contributed by atoms with Gasteiger partial charge in [-0.3, -0.25) is 9.78 Å². The minimum Gasteiger partial charge on any atom is -0.507 e. The first-order valence-corrected chi connectivity index (χ1v) is 8.90. The highest BCUT2D eigenvalue weighted by Crippen LogP contribution is 2.30. The average Bonchev–Trinajstić information content (AvgIpc) is 2.75. The van der Waals surface area contributed by atoms with Crippen molar-refractivity contribution in [3.05, 3.63) is 84.7 Å². The van der Waals surface area contributed by atoms with Crippen LogP contribution in [0.25, 0.3) is 21.7 Å². The molecule has 1 amide bonds. The first-order chi connectivity index (χ1) is 14.2. The molecule has 3 aromatic carbocycles. The summed E-state index contributed by atoms with van der Waals surface area (Å²) < 4.78 is 0. The molecule has 0 aliphatic heterocycles. The number of phenolic OH excluding ortho intramolecular Hbond substituents is 1. The second-order valence-corrected chi connectivity index (χ2v) is 6.33. The van der Waals surface area contributed by atoms with Gasteiger partial charge in [-0.05, 0) is 24.3 Å². The minimum atomic E-state index is -0.552. The van der Waals surface area contributed by atoms with Crippen molar-refractivity contribution in [2.45, 2.75) is 0 Å². The van der Waals surface area contributed by atoms with Crippen molar-refractivity contribution in [2.24, 2.45) is 0 Å². The van der Waals surface area contributed by atoms with Crippen LogP contribution in [0.4, 0.5) is 11.4 Å². The van der Waals surface area contributed by atoms with Gasteiger partial charge in [0.2, 0.25) is 0 Å². The van der Waals surface area contributed by atoms with Crippen molar-refractivity contribution in [1.82, 2.24) is 4.98 Å². The Morgan fingerprint density at radius 1 is 0.966 bits per heavy atom. The van der Waals surface area contributed by atoms with Gasteiger partial charge < -0.3 is 15.7 Å². The lowest BCUT2D eigenvalue weighted by molar-refractivity contribution is -0.112. The normalized spacial score (nSPS) is 11.2. The van der Waals surface area contributed by atoms with E-state index in [2.05, 4.69) is 15.6 Å². The van der Waals surface area contributed by atoms with Gasteiger partial charge in [-0.2, -0.15) is 5.26 Å². The van der Waals surface area contributed by atoms with Crippen molar-refractivity contribution in [3.8, 4) is 11.8 Å². The van der Waals surface area contributed by atoms with Crippen molar-refractivity contribution >= 4 is 39.0 Å². The van der Waals surface area contributed by atoms with Crippen LogP contribution < -0.4 is 10.6 Å². The Labute approximate surface area is 166 Å². The molecule has 3 N–H and O–H groups in total. The maximum absolute atomic E-state index is 12.6. The first-order valence-electron chi connectivity index (χ1n) is 8.90. The number of carbonyl (C=O) groups is 1. The van der Waals surface area contributed by atoms with E-state index in [4.69, 9.17) is 0 Å². The van der Waals surface area contributed by atoms with Crippen LogP contribution in [0.15, 0.2) is 84.7 Å². The highest BCUT2D eigenvalue weighted by atomic mass is 16.3. The second kappa shape index (κ2) is 7.71. The quantitative estimate of drug-likeness (QED) is 0.356. The molecule has 29 heavy (non-hydrogen) atoms. The summed E-state index contributed by atoms with van der Waals surface area (Å²) in [5.74, 6) is -0.427. The zero-order valence-corrected chi connectivity index (χ0v) is 15.3. The molecule has 1 heterocycles. The molecule has 0 spiro atoms. The molecule has 6 heteroatoms. The van der Waals surface area contributed by atoms with Crippen LogP contribution in [-0.4, -0.2) is 16.0 Å². The Morgan fingerprint density at radius 3 is 2.55 bits per heavy atom. The van der Waals surface area contributed by atoms with Crippen molar-refractivity contribution in [1.29, 1.82) is 5.26 Å². The van der Waals surface area contributed by atoms with E-state index in [1.54, 1.807) is 42.6 Å². The Hall–Kier alpha value is -4.37. The van der Waals surface area contributed by atoms with Gasteiger partial charge in [-0.25, -0.2) is 0 Å². The maximum atomic E-state index is 12.6. The zero-order chi connectivity index (χ0) is 20.2. The monoisotopic (exact) mass is 380 g/mol. The van der Waals surface area contributed by atoms with Gasteiger partial charge >= 0.3 is 0 Å². The van der Waals surface area contributed by atoms with Gasteiger partial charge in [-0.15, -0.1) is 0 Å². The Balaban J connectivity index is 1.61. The van der Waals surface area contributed by atoms with E-state index < -0.39 is 5.91 Å². The number of rotatable bonds is 4. The molecule has 0 bridgehead atoms. The SMILES string of the molecule is N#C/C(=C/Nc1cccc2cccnc12)C(=O)Nc1cccc2c(O)cccc12. The third kappa shape index (κ3) is 3.57. The summed E-state index contributed by atoms with van der Waals surface area (Å²) in [5, 5.41) is 27.4. The number of fused-ring (bicyclic) bond motifs is 2. The molecule has 4 rings (SSSR count). The number of nitriles is 1. The molecule has 0 radical (unpaired) electrons. The highest BCUT2D eigenvalue weighted by molar-refractivity contribution is 6.11. The predicted molar refractivity (Wildman–Crippen MR) is 113 cm³/mol. The standard InChI is InChI=1S/C23H16N4O2/c24-13-16(14-26-20-10-1-5-15-6-4-12-25-22(15)20)23(29)27-19-9-2-8-18-17(19)7-3-11-21(18)28/h1-12,14,26,28H,(H,27,29)/b16-14-. The van der Waals surface area contributed by atoms with Crippen LogP contribution in [-0.2, 0) is 4.79 Å². The fourth-order valence-corrected chi connectivity index (χ4v) is 3.11. The van der Waals surface area contributed by atoms with Crippen LogP contribution >= 0.6 is 0 Å². The van der Waals surface area contributed by atoms with Crippen molar-refractivity contribution in [3.63, 3.8) is 0 Å². The van der Waals surface area contributed by atoms with Gasteiger partial charge in [0, 0.05) is 34.2 Å². The van der Waals surface area contributed by atoms with Gasteiger partial charge in [0.15, 0.2) is 0 Å². The zero-order valence-electron chi connectivity index (χ0n) is 15.3. The smallest absolute Gasteiger partial charge is 0.267 e. The number of amides is 1. The number of aromatic nitrogens is 1. The van der Waals surface area contributed by atoms with Gasteiger partial charge in [0.1, 0.15) is 17.4 Å². The number of nitrogens with one attached hydrogen (secondary N) is 2. The molecule has 0 saturated carbocycles. The van der Waals surface area contributed by atoms with E-state index in [1.807, 2.05) is 36.4 Å². The molecule has 6 nitrogen and oxygen atoms in total. The number of nitrogens with zero attached hydrogens (tertiary/aromatic N) is 2. The van der Waals surface area contributed by atoms with E-state index >= 15 is 0 Å². The third-order valence-corrected chi connectivity index (χ3v) is 4.52. The Kier molecular flexibility index (Phi) is 4.79. The molecule has 0 aliphatic carbocycles. The fourth-order valence-electron chi connectivity index (χ4n) is 3.11. The summed E-state index contributed by atoms with van der Waals surface area (Å²) in [5.41, 5.74) is 1.86. The number of hydrogen-bond acceptors (Lipinski definition) is 5. The second-order valence-electron chi connectivity index (χ2n) is 6.33. The number of hydrogen-bond donors (Lipinski definition) is 3. The molecule has 0 aliphatic rings. The number of phenols is 1. The van der Waals surface area contributed by atoms with Gasteiger partial charge in [0.25, 0.3) is 5.91 Å². The van der Waals surface area contributed by atoms with E-state index in [0.29, 0.717) is 22.1 Å². The number of benzene rings is 3. The predicted octanol–water partition coefficient (Wildman–Crippen LogP) is 4.55. The number of carbonyl (C=O) groups excluding carboxylic acids is 1. The fraction of sp³-hybridized carbons (Fsp3) is 0. The van der Waals surface area contributed by atoms with Crippen LogP contribution in [0.5, 0.6) is 5.75 Å². The highest BCUT2D eigenvalue weighted by Gasteiger charge is 2.12. The van der Waals surface area contributed by atoms with E-state index in [0.717, 1.165) is 10.9 Å². The molecule has 0 unspecified atom stereocenters. The number of pyridine rings is 1. The first kappa shape index (κ1) is 18.0. The van der Waals surface area contributed by atoms with E-state index in [9.17, 15) is 15.2 Å². The summed E-state index contributed by atoms with van der Waals surface area (Å²) in [6.45, 7) is 0. The van der Waals surface area contributed by atoms with Crippen LogP contribution in [0.2, 0.25) is 0 Å². The van der Waals surface area contributed by atoms with Crippen LogP contribution in [0.1, 0.15) is 0 Å².